The summed E-state index contributed by atoms with van der Waals surface area (Å²) in [6, 6.07) is 33.7. The monoisotopic (exact) mass is 698 g/mol. The van der Waals surface area contributed by atoms with Crippen LogP contribution < -0.4 is 0 Å². The molecule has 1 heterocycles. The predicted molar refractivity (Wildman–Crippen MR) is 205 cm³/mol. The summed E-state index contributed by atoms with van der Waals surface area (Å²) in [5, 5.41) is 96.5. The summed E-state index contributed by atoms with van der Waals surface area (Å²) in [6.07, 6.45) is 0. The number of rotatable bonds is 2. The van der Waals surface area contributed by atoms with Gasteiger partial charge in [-0.2, -0.15) is 0 Å². The van der Waals surface area contributed by atoms with Gasteiger partial charge in [0.2, 0.25) is 23.0 Å². The Morgan fingerprint density at radius 1 is 0.321 bits per heavy atom. The van der Waals surface area contributed by atoms with E-state index >= 15 is 0 Å². The summed E-state index contributed by atoms with van der Waals surface area (Å²) < 4.78 is 6.59. The van der Waals surface area contributed by atoms with Crippen molar-refractivity contribution in [2.24, 2.45) is 0 Å². The van der Waals surface area contributed by atoms with E-state index in [2.05, 4.69) is 0 Å². The number of benzene rings is 9. The summed E-state index contributed by atoms with van der Waals surface area (Å²) in [7, 11) is 0. The first-order chi connectivity index (χ1) is 25.7. The maximum atomic E-state index is 11.7. The van der Waals surface area contributed by atoms with Crippen molar-refractivity contribution in [2.45, 2.75) is 0 Å². The molecule has 0 spiro atoms. The zero-order valence-electron chi connectivity index (χ0n) is 27.4. The van der Waals surface area contributed by atoms with Crippen molar-refractivity contribution in [3.63, 3.8) is 0 Å². The maximum absolute atomic E-state index is 11.7. The highest BCUT2D eigenvalue weighted by atomic mass is 16.4. The Labute approximate surface area is 297 Å². The zero-order chi connectivity index (χ0) is 36.4. The molecule has 0 unspecified atom stereocenters. The number of aromatic hydroxyl groups is 8. The quantitative estimate of drug-likeness (QED) is 0.0378. The van der Waals surface area contributed by atoms with Gasteiger partial charge in [-0.15, -0.1) is 0 Å². The minimum absolute atomic E-state index is 0.0153. The van der Waals surface area contributed by atoms with Crippen LogP contribution in [0.1, 0.15) is 0 Å². The molecule has 53 heavy (non-hydrogen) atoms. The molecule has 0 aliphatic carbocycles. The highest BCUT2D eigenvalue weighted by Gasteiger charge is 2.32. The van der Waals surface area contributed by atoms with Crippen LogP contribution in [0.25, 0.3) is 98.1 Å². The zero-order valence-corrected chi connectivity index (χ0v) is 27.4. The number of phenols is 8. The third-order valence-corrected chi connectivity index (χ3v) is 10.5. The largest absolute Gasteiger partial charge is 0.504 e. The summed E-state index contributed by atoms with van der Waals surface area (Å²) >= 11 is 0. The van der Waals surface area contributed by atoms with Crippen molar-refractivity contribution in [1.82, 2.24) is 0 Å². The molecule has 0 saturated heterocycles. The van der Waals surface area contributed by atoms with Crippen LogP contribution >= 0.6 is 0 Å². The second kappa shape index (κ2) is 10.5. The van der Waals surface area contributed by atoms with Gasteiger partial charge < -0.3 is 45.3 Å². The fraction of sp³-hybridized carbons (Fsp3) is 0. The lowest BCUT2D eigenvalue weighted by molar-refractivity contribution is 0.350. The van der Waals surface area contributed by atoms with Crippen LogP contribution in [0.4, 0.5) is 0 Å². The van der Waals surface area contributed by atoms with E-state index in [0.717, 1.165) is 43.1 Å². The lowest BCUT2D eigenvalue weighted by Gasteiger charge is -2.22. The van der Waals surface area contributed by atoms with Gasteiger partial charge in [0.15, 0.2) is 23.0 Å². The number of fused-ring (bicyclic) bond motifs is 11. The van der Waals surface area contributed by atoms with Crippen LogP contribution in [0.15, 0.2) is 114 Å². The molecule has 10 aromatic rings. The van der Waals surface area contributed by atoms with Crippen molar-refractivity contribution in [3.8, 4) is 68.2 Å². The Balaban J connectivity index is 1.41. The molecule has 9 nitrogen and oxygen atoms in total. The van der Waals surface area contributed by atoms with Gasteiger partial charge in [0.25, 0.3) is 0 Å². The second-order valence-electron chi connectivity index (χ2n) is 13.2. The predicted octanol–water partition coefficient (Wildman–Crippen LogP) is 10.3. The SMILES string of the molecule is Oc1c(O)c(O)c2c(-c3ccc4c(c3)oc3c5ccccc5c5ccccc5c43)c3c(O)c(O)c(O)c(O)c3c(-c3ccc4ccccc4c3)c2c1O. The van der Waals surface area contributed by atoms with Crippen LogP contribution in [-0.4, -0.2) is 40.9 Å². The molecule has 9 heteroatoms. The average Bonchev–Trinajstić information content (AvgIpc) is 3.59. The Morgan fingerprint density at radius 2 is 0.755 bits per heavy atom. The van der Waals surface area contributed by atoms with E-state index in [1.54, 1.807) is 36.4 Å². The topological polar surface area (TPSA) is 175 Å². The maximum Gasteiger partial charge on any atom is 0.204 e. The van der Waals surface area contributed by atoms with Crippen LogP contribution in [0, 0.1) is 0 Å². The number of hydrogen-bond donors (Lipinski definition) is 8. The molecule has 0 aliphatic rings. The Kier molecular flexibility index (Phi) is 6.01. The Bertz CT molecular complexity index is 3190. The van der Waals surface area contributed by atoms with E-state index in [4.69, 9.17) is 4.42 Å². The van der Waals surface area contributed by atoms with Crippen LogP contribution in [-0.2, 0) is 0 Å². The molecule has 0 aliphatic heterocycles. The first-order valence-corrected chi connectivity index (χ1v) is 16.7. The van der Waals surface area contributed by atoms with Gasteiger partial charge in [-0.1, -0.05) is 91.0 Å². The molecule has 9 aromatic carbocycles. The van der Waals surface area contributed by atoms with Crippen molar-refractivity contribution in [3.05, 3.63) is 109 Å². The van der Waals surface area contributed by atoms with Gasteiger partial charge in [-0.3, -0.25) is 0 Å². The molecule has 8 N–H and O–H groups in total. The Morgan fingerprint density at radius 3 is 1.32 bits per heavy atom. The van der Waals surface area contributed by atoms with Crippen molar-refractivity contribution < 1.29 is 45.3 Å². The fourth-order valence-corrected chi connectivity index (χ4v) is 8.10. The van der Waals surface area contributed by atoms with Crippen molar-refractivity contribution in [1.29, 1.82) is 0 Å². The van der Waals surface area contributed by atoms with Gasteiger partial charge in [0, 0.05) is 48.8 Å². The highest BCUT2D eigenvalue weighted by molar-refractivity contribution is 6.32. The van der Waals surface area contributed by atoms with Gasteiger partial charge in [0.1, 0.15) is 11.2 Å². The second-order valence-corrected chi connectivity index (χ2v) is 13.2. The molecular formula is C44H26O9. The molecule has 10 rings (SSSR count). The molecule has 1 aromatic heterocycles. The standard InChI is InChI=1S/C44H26O9/c45-36-32-29(21-14-13-19-7-1-2-8-20(19)17-21)33-35(39(48)43(52)41(50)37(33)46)30(34(32)38(47)42(51)40(36)49)22-15-16-27-28(18-22)53-44-26-12-6-4-10-24(26)23-9-3-5-11-25(23)31(27)44/h1-18,45-52H. The number of phenolic OH excluding ortho intramolecular Hbond substituents is 8. The van der Waals surface area contributed by atoms with E-state index in [1.165, 1.54) is 0 Å². The number of furan rings is 1. The van der Waals surface area contributed by atoms with E-state index in [9.17, 15) is 40.9 Å². The first kappa shape index (κ1) is 30.3. The lowest BCUT2D eigenvalue weighted by atomic mass is 9.83. The summed E-state index contributed by atoms with van der Waals surface area (Å²) in [4.78, 5) is 0. The summed E-state index contributed by atoms with van der Waals surface area (Å²) in [5.41, 5.74) is 1.60. The smallest absolute Gasteiger partial charge is 0.204 e. The third-order valence-electron chi connectivity index (χ3n) is 10.5. The third kappa shape index (κ3) is 3.90. The van der Waals surface area contributed by atoms with E-state index < -0.39 is 46.0 Å². The van der Waals surface area contributed by atoms with Crippen LogP contribution in [0.5, 0.6) is 46.0 Å². The molecule has 0 fully saturated rings. The minimum atomic E-state index is -1.03. The van der Waals surface area contributed by atoms with Gasteiger partial charge >= 0.3 is 0 Å². The van der Waals surface area contributed by atoms with Crippen molar-refractivity contribution in [2.75, 3.05) is 0 Å². The summed E-state index contributed by atoms with van der Waals surface area (Å²) in [6.45, 7) is 0. The van der Waals surface area contributed by atoms with Crippen LogP contribution in [0.3, 0.4) is 0 Å². The van der Waals surface area contributed by atoms with E-state index in [0.29, 0.717) is 16.7 Å². The van der Waals surface area contributed by atoms with E-state index in [1.807, 2.05) is 72.8 Å². The van der Waals surface area contributed by atoms with Gasteiger partial charge in [-0.25, -0.2) is 0 Å². The highest BCUT2D eigenvalue weighted by Crippen LogP contribution is 2.62. The molecular weight excluding hydrogens is 672 g/mol. The first-order valence-electron chi connectivity index (χ1n) is 16.7. The van der Waals surface area contributed by atoms with Gasteiger partial charge in [-0.05, 0) is 56.3 Å². The normalized spacial score (nSPS) is 12.0. The molecule has 256 valence electrons. The minimum Gasteiger partial charge on any atom is -0.504 e. The van der Waals surface area contributed by atoms with Crippen LogP contribution in [0.2, 0.25) is 0 Å². The Hall–Kier alpha value is -7.52. The summed E-state index contributed by atoms with van der Waals surface area (Å²) in [5.74, 6) is -7.48. The molecule has 0 amide bonds. The fourth-order valence-electron chi connectivity index (χ4n) is 8.10. The average molecular weight is 699 g/mol. The number of hydrogen-bond acceptors (Lipinski definition) is 9. The molecule has 0 saturated carbocycles. The van der Waals surface area contributed by atoms with Crippen molar-refractivity contribution >= 4 is 75.8 Å². The van der Waals surface area contributed by atoms with E-state index in [-0.39, 0.29) is 38.2 Å². The molecule has 0 radical (unpaired) electrons. The molecule has 0 bridgehead atoms. The lowest BCUT2D eigenvalue weighted by Crippen LogP contribution is -1.94. The van der Waals surface area contributed by atoms with Gasteiger partial charge in [0.05, 0.1) is 0 Å². The molecule has 0 atom stereocenters.